The van der Waals surface area contributed by atoms with E-state index in [-0.39, 0.29) is 11.5 Å². The average molecular weight is 358 g/mol. The summed E-state index contributed by atoms with van der Waals surface area (Å²) in [5.41, 5.74) is 0.687. The van der Waals surface area contributed by atoms with Crippen LogP contribution in [-0.2, 0) is 22.2 Å². The number of benzene rings is 1. The number of Topliss-reactive ketones (excluding diaryl/α,β-unsaturated/α-hetero) is 1. The lowest BCUT2D eigenvalue weighted by molar-refractivity contribution is 0.102. The molecule has 0 bridgehead atoms. The van der Waals surface area contributed by atoms with Gasteiger partial charge in [0.1, 0.15) is 0 Å². The molecular formula is C15H16ClNO3S2. The number of nitrogens with one attached hydrogen (secondary N) is 1. The highest BCUT2D eigenvalue weighted by Gasteiger charge is 2.11. The fraction of sp³-hybridized carbons (Fsp3) is 0.267. The van der Waals surface area contributed by atoms with Crippen LogP contribution in [0.3, 0.4) is 0 Å². The van der Waals surface area contributed by atoms with Crippen LogP contribution in [0.2, 0.25) is 5.02 Å². The van der Waals surface area contributed by atoms with Gasteiger partial charge in [-0.15, -0.1) is 11.3 Å². The Labute approximate surface area is 139 Å². The number of hydrogen-bond acceptors (Lipinski definition) is 4. The van der Waals surface area contributed by atoms with Gasteiger partial charge in [-0.2, -0.15) is 0 Å². The summed E-state index contributed by atoms with van der Waals surface area (Å²) in [6.45, 7) is 1.83. The number of halogens is 1. The molecule has 0 unspecified atom stereocenters. The molecular weight excluding hydrogens is 342 g/mol. The normalized spacial score (nSPS) is 11.5. The first kappa shape index (κ1) is 17.1. The third-order valence-electron chi connectivity index (χ3n) is 2.97. The zero-order valence-corrected chi connectivity index (χ0v) is 14.4. The molecule has 0 spiro atoms. The van der Waals surface area contributed by atoms with Gasteiger partial charge in [-0.05, 0) is 43.2 Å². The Kier molecular flexibility index (Phi) is 5.74. The Morgan fingerprint density at radius 1 is 1.18 bits per heavy atom. The molecule has 1 aromatic heterocycles. The molecule has 2 aromatic rings. The van der Waals surface area contributed by atoms with Crippen LogP contribution in [0.25, 0.3) is 0 Å². The van der Waals surface area contributed by atoms with Gasteiger partial charge in [0, 0.05) is 16.4 Å². The van der Waals surface area contributed by atoms with E-state index in [1.54, 1.807) is 30.3 Å². The molecule has 0 amide bonds. The maximum atomic E-state index is 12.0. The predicted octanol–water partition coefficient (Wildman–Crippen LogP) is 3.27. The van der Waals surface area contributed by atoms with Crippen molar-refractivity contribution < 1.29 is 13.2 Å². The molecule has 7 heteroatoms. The maximum absolute atomic E-state index is 12.0. The Bertz CT molecular complexity index is 751. The van der Waals surface area contributed by atoms with Crippen LogP contribution in [0.1, 0.15) is 27.0 Å². The van der Waals surface area contributed by atoms with Crippen LogP contribution < -0.4 is 4.72 Å². The van der Waals surface area contributed by atoms with Crippen molar-refractivity contribution in [1.29, 1.82) is 0 Å². The minimum Gasteiger partial charge on any atom is -0.294 e. The second kappa shape index (κ2) is 7.37. The van der Waals surface area contributed by atoms with Gasteiger partial charge < -0.3 is 0 Å². The molecule has 2 rings (SSSR count). The number of hydrogen-bond donors (Lipinski definition) is 1. The zero-order valence-electron chi connectivity index (χ0n) is 12.0. The summed E-state index contributed by atoms with van der Waals surface area (Å²) in [4.78, 5) is 12.9. The van der Waals surface area contributed by atoms with E-state index in [1.165, 1.54) is 18.3 Å². The van der Waals surface area contributed by atoms with Gasteiger partial charge in [0.25, 0.3) is 0 Å². The van der Waals surface area contributed by atoms with Crippen LogP contribution in [-0.4, -0.2) is 20.7 Å². The van der Waals surface area contributed by atoms with Crippen LogP contribution in [0.4, 0.5) is 0 Å². The molecule has 22 heavy (non-hydrogen) atoms. The summed E-state index contributed by atoms with van der Waals surface area (Å²) in [6.07, 6.45) is 0.567. The molecule has 1 aromatic carbocycles. The highest BCUT2D eigenvalue weighted by Crippen LogP contribution is 2.17. The van der Waals surface area contributed by atoms with Gasteiger partial charge in [0.2, 0.25) is 10.0 Å². The van der Waals surface area contributed by atoms with E-state index < -0.39 is 10.0 Å². The monoisotopic (exact) mass is 357 g/mol. The SMILES string of the molecule is CC(=O)c1ccc(CCNS(=O)(=O)Cc2ccc(Cl)cc2)s1. The largest absolute Gasteiger partial charge is 0.294 e. The fourth-order valence-corrected chi connectivity index (χ4v) is 4.06. The van der Waals surface area contributed by atoms with E-state index >= 15 is 0 Å². The van der Waals surface area contributed by atoms with Crippen molar-refractivity contribution in [2.24, 2.45) is 0 Å². The Hall–Kier alpha value is -1.21. The van der Waals surface area contributed by atoms with Gasteiger partial charge in [0.15, 0.2) is 5.78 Å². The van der Waals surface area contributed by atoms with E-state index in [1.807, 2.05) is 6.07 Å². The standard InChI is InChI=1S/C15H16ClNO3S2/c1-11(18)15-7-6-14(21-15)8-9-17-22(19,20)10-12-2-4-13(16)5-3-12/h2-7,17H,8-10H2,1H3. The first-order valence-electron chi connectivity index (χ1n) is 6.67. The first-order valence-corrected chi connectivity index (χ1v) is 9.52. The number of thiophene rings is 1. The van der Waals surface area contributed by atoms with Gasteiger partial charge in [-0.1, -0.05) is 23.7 Å². The van der Waals surface area contributed by atoms with Gasteiger partial charge in [-0.3, -0.25) is 4.79 Å². The Morgan fingerprint density at radius 3 is 2.45 bits per heavy atom. The number of rotatable bonds is 7. The summed E-state index contributed by atoms with van der Waals surface area (Å²) in [5, 5.41) is 0.577. The molecule has 1 N–H and O–H groups in total. The quantitative estimate of drug-likeness (QED) is 0.773. The lowest BCUT2D eigenvalue weighted by atomic mass is 10.2. The minimum absolute atomic E-state index is 0.0274. The molecule has 118 valence electrons. The lowest BCUT2D eigenvalue weighted by Crippen LogP contribution is -2.27. The third-order valence-corrected chi connectivity index (χ3v) is 5.83. The fourth-order valence-electron chi connectivity index (χ4n) is 1.88. The third kappa shape index (κ3) is 5.21. The lowest BCUT2D eigenvalue weighted by Gasteiger charge is -2.06. The number of carbonyl (C=O) groups is 1. The van der Waals surface area contributed by atoms with Gasteiger partial charge >= 0.3 is 0 Å². The van der Waals surface area contributed by atoms with Crippen molar-refractivity contribution in [2.45, 2.75) is 19.1 Å². The number of carbonyl (C=O) groups excluding carboxylic acids is 1. The van der Waals surface area contributed by atoms with E-state index in [2.05, 4.69) is 4.72 Å². The van der Waals surface area contributed by atoms with Crippen molar-refractivity contribution in [3.8, 4) is 0 Å². The molecule has 0 saturated carbocycles. The van der Waals surface area contributed by atoms with E-state index in [4.69, 9.17) is 11.6 Å². The molecule has 0 aliphatic carbocycles. The summed E-state index contributed by atoms with van der Waals surface area (Å²) >= 11 is 7.17. The first-order chi connectivity index (χ1) is 10.4. The van der Waals surface area contributed by atoms with Crippen molar-refractivity contribution >= 4 is 38.7 Å². The van der Waals surface area contributed by atoms with Crippen LogP contribution >= 0.6 is 22.9 Å². The molecule has 0 radical (unpaired) electrons. The molecule has 0 atom stereocenters. The summed E-state index contributed by atoms with van der Waals surface area (Å²) in [7, 11) is -3.38. The zero-order chi connectivity index (χ0) is 16.2. The summed E-state index contributed by atoms with van der Waals surface area (Å²) < 4.78 is 26.6. The molecule has 4 nitrogen and oxygen atoms in total. The molecule has 0 aliphatic heterocycles. The van der Waals surface area contributed by atoms with Gasteiger partial charge in [-0.25, -0.2) is 13.1 Å². The van der Waals surface area contributed by atoms with Crippen LogP contribution in [0.5, 0.6) is 0 Å². The highest BCUT2D eigenvalue weighted by molar-refractivity contribution is 7.88. The number of ketones is 1. The van der Waals surface area contributed by atoms with Gasteiger partial charge in [0.05, 0.1) is 10.6 Å². The molecule has 0 aliphatic rings. The van der Waals surface area contributed by atoms with Crippen molar-refractivity contribution in [3.63, 3.8) is 0 Å². The molecule has 0 saturated heterocycles. The minimum atomic E-state index is -3.38. The van der Waals surface area contributed by atoms with E-state index in [0.29, 0.717) is 28.4 Å². The van der Waals surface area contributed by atoms with Crippen molar-refractivity contribution in [1.82, 2.24) is 4.72 Å². The average Bonchev–Trinajstić information content (AvgIpc) is 2.90. The topological polar surface area (TPSA) is 63.2 Å². The summed E-state index contributed by atoms with van der Waals surface area (Å²) in [6, 6.07) is 10.3. The highest BCUT2D eigenvalue weighted by atomic mass is 35.5. The van der Waals surface area contributed by atoms with Crippen molar-refractivity contribution in [2.75, 3.05) is 6.54 Å². The van der Waals surface area contributed by atoms with Crippen LogP contribution in [0, 0.1) is 0 Å². The Morgan fingerprint density at radius 2 is 1.86 bits per heavy atom. The Balaban J connectivity index is 1.86. The predicted molar refractivity (Wildman–Crippen MR) is 90.1 cm³/mol. The molecule has 0 fully saturated rings. The smallest absolute Gasteiger partial charge is 0.215 e. The number of sulfonamides is 1. The second-order valence-corrected chi connectivity index (χ2v) is 8.26. The van der Waals surface area contributed by atoms with Crippen molar-refractivity contribution in [3.05, 3.63) is 56.7 Å². The second-order valence-electron chi connectivity index (χ2n) is 4.85. The molecule has 1 heterocycles. The van der Waals surface area contributed by atoms with Crippen LogP contribution in [0.15, 0.2) is 36.4 Å². The maximum Gasteiger partial charge on any atom is 0.215 e. The summed E-state index contributed by atoms with van der Waals surface area (Å²) in [5.74, 6) is -0.0487. The van der Waals surface area contributed by atoms with E-state index in [9.17, 15) is 13.2 Å². The van der Waals surface area contributed by atoms with E-state index in [0.717, 1.165) is 4.88 Å².